The fourth-order valence-corrected chi connectivity index (χ4v) is 3.04. The van der Waals surface area contributed by atoms with Gasteiger partial charge in [0, 0.05) is 29.0 Å². The Kier molecular flexibility index (Phi) is 5.90. The summed E-state index contributed by atoms with van der Waals surface area (Å²) in [5.74, 6) is -0.638. The summed E-state index contributed by atoms with van der Waals surface area (Å²) >= 11 is 1.65. The number of rotatable bonds is 6. The number of thiophene rings is 1. The largest absolute Gasteiger partial charge is 0.465 e. The van der Waals surface area contributed by atoms with Crippen LogP contribution in [0.25, 0.3) is 0 Å². The van der Waals surface area contributed by atoms with Gasteiger partial charge in [0.25, 0.3) is 5.91 Å². The van der Waals surface area contributed by atoms with Crippen molar-refractivity contribution in [3.05, 3.63) is 57.3 Å². The van der Waals surface area contributed by atoms with Gasteiger partial charge in [0.2, 0.25) is 0 Å². The minimum absolute atomic E-state index is 0.174. The number of carbonyl (C=O) groups excluding carboxylic acids is 2. The molecule has 23 heavy (non-hydrogen) atoms. The number of benzene rings is 1. The highest BCUT2D eigenvalue weighted by atomic mass is 32.1. The third-order valence-electron chi connectivity index (χ3n) is 3.38. The monoisotopic (exact) mass is 333 g/mol. The lowest BCUT2D eigenvalue weighted by molar-refractivity contribution is 0.0600. The van der Waals surface area contributed by atoms with Crippen LogP contribution in [0.2, 0.25) is 0 Å². The molecule has 0 radical (unpaired) electrons. The average Bonchev–Trinajstić information content (AvgIpc) is 3.01. The number of hydrogen-bond donors (Lipinski definition) is 1. The quantitative estimate of drug-likeness (QED) is 0.826. The van der Waals surface area contributed by atoms with Crippen LogP contribution < -0.4 is 5.32 Å². The fourth-order valence-electron chi connectivity index (χ4n) is 2.09. The summed E-state index contributed by atoms with van der Waals surface area (Å²) in [6, 6.07) is 10.4. The van der Waals surface area contributed by atoms with Crippen LogP contribution >= 0.6 is 11.3 Å². The van der Waals surface area contributed by atoms with E-state index in [0.717, 1.165) is 4.88 Å². The molecule has 0 aliphatic rings. The van der Waals surface area contributed by atoms with Gasteiger partial charge in [-0.3, -0.25) is 4.79 Å². The van der Waals surface area contributed by atoms with Crippen molar-refractivity contribution in [2.75, 3.05) is 20.8 Å². The first-order valence-electron chi connectivity index (χ1n) is 7.11. The topological polar surface area (TPSA) is 64.6 Å². The summed E-state index contributed by atoms with van der Waals surface area (Å²) in [6.45, 7) is 2.41. The van der Waals surface area contributed by atoms with Crippen molar-refractivity contribution in [1.29, 1.82) is 0 Å². The zero-order valence-electron chi connectivity index (χ0n) is 13.3. The molecule has 5 nitrogen and oxygen atoms in total. The molecule has 0 saturated heterocycles. The predicted molar refractivity (Wildman–Crippen MR) is 88.9 cm³/mol. The van der Waals surface area contributed by atoms with Crippen LogP contribution in [0.3, 0.4) is 0 Å². The summed E-state index contributed by atoms with van der Waals surface area (Å²) in [6.07, 6.45) is -0.174. The highest BCUT2D eigenvalue weighted by Crippen LogP contribution is 2.24. The van der Waals surface area contributed by atoms with E-state index in [2.05, 4.69) is 10.1 Å². The maximum Gasteiger partial charge on any atom is 0.337 e. The number of ether oxygens (including phenoxy) is 2. The molecule has 2 aromatic rings. The first-order chi connectivity index (χ1) is 11.0. The molecule has 0 spiro atoms. The molecule has 1 N–H and O–H groups in total. The van der Waals surface area contributed by atoms with Crippen molar-refractivity contribution in [3.8, 4) is 0 Å². The second-order valence-electron chi connectivity index (χ2n) is 4.95. The van der Waals surface area contributed by atoms with E-state index in [-0.39, 0.29) is 12.0 Å². The van der Waals surface area contributed by atoms with E-state index in [4.69, 9.17) is 4.74 Å². The number of hydrogen-bond acceptors (Lipinski definition) is 5. The standard InChI is InChI=1S/C17H19NO4S/c1-11-4-9-15(23-11)14(21-2)10-18-16(19)12-5-7-13(8-6-12)17(20)22-3/h4-9,14H,10H2,1-3H3,(H,18,19). The molecule has 1 atom stereocenters. The van der Waals surface area contributed by atoms with Gasteiger partial charge in [-0.1, -0.05) is 0 Å². The lowest BCUT2D eigenvalue weighted by Gasteiger charge is -2.14. The first-order valence-corrected chi connectivity index (χ1v) is 7.92. The number of esters is 1. The highest BCUT2D eigenvalue weighted by molar-refractivity contribution is 7.12. The fraction of sp³-hybridized carbons (Fsp3) is 0.294. The molecule has 1 amide bonds. The highest BCUT2D eigenvalue weighted by Gasteiger charge is 2.15. The van der Waals surface area contributed by atoms with Crippen LogP contribution in [0.15, 0.2) is 36.4 Å². The maximum absolute atomic E-state index is 12.2. The van der Waals surface area contributed by atoms with Crippen molar-refractivity contribution in [2.45, 2.75) is 13.0 Å². The average molecular weight is 333 g/mol. The van der Waals surface area contributed by atoms with E-state index >= 15 is 0 Å². The number of aryl methyl sites for hydroxylation is 1. The number of carbonyl (C=O) groups is 2. The second kappa shape index (κ2) is 7.89. The minimum atomic E-state index is -0.426. The molecule has 1 unspecified atom stereocenters. The molecule has 0 aliphatic heterocycles. The van der Waals surface area contributed by atoms with Crippen molar-refractivity contribution < 1.29 is 19.1 Å². The van der Waals surface area contributed by atoms with Crippen molar-refractivity contribution in [1.82, 2.24) is 5.32 Å². The molecule has 0 fully saturated rings. The molecule has 1 heterocycles. The molecule has 6 heteroatoms. The van der Waals surface area contributed by atoms with Crippen molar-refractivity contribution in [3.63, 3.8) is 0 Å². The van der Waals surface area contributed by atoms with Crippen LogP contribution in [-0.2, 0) is 9.47 Å². The molecular weight excluding hydrogens is 314 g/mol. The Balaban J connectivity index is 1.97. The van der Waals surface area contributed by atoms with E-state index in [1.165, 1.54) is 12.0 Å². The van der Waals surface area contributed by atoms with Gasteiger partial charge in [-0.15, -0.1) is 11.3 Å². The Morgan fingerprint density at radius 1 is 1.09 bits per heavy atom. The molecule has 1 aromatic heterocycles. The van der Waals surface area contributed by atoms with Crippen molar-refractivity contribution >= 4 is 23.2 Å². The number of amides is 1. The van der Waals surface area contributed by atoms with Gasteiger partial charge in [0.05, 0.1) is 12.7 Å². The Bertz CT molecular complexity index is 678. The smallest absolute Gasteiger partial charge is 0.337 e. The van der Waals surface area contributed by atoms with Gasteiger partial charge in [-0.05, 0) is 43.3 Å². The van der Waals surface area contributed by atoms with Gasteiger partial charge in [0.1, 0.15) is 6.10 Å². The summed E-state index contributed by atoms with van der Waals surface area (Å²) in [4.78, 5) is 25.8. The molecule has 0 saturated carbocycles. The van der Waals surface area contributed by atoms with E-state index in [1.807, 2.05) is 19.1 Å². The summed E-state index contributed by atoms with van der Waals surface area (Å²) in [7, 11) is 2.94. The lowest BCUT2D eigenvalue weighted by atomic mass is 10.1. The number of nitrogens with one attached hydrogen (secondary N) is 1. The molecule has 0 bridgehead atoms. The van der Waals surface area contributed by atoms with Gasteiger partial charge >= 0.3 is 5.97 Å². The SMILES string of the molecule is COC(=O)c1ccc(C(=O)NCC(OC)c2ccc(C)s2)cc1. The summed E-state index contributed by atoms with van der Waals surface area (Å²) in [5, 5.41) is 2.85. The Hall–Kier alpha value is -2.18. The van der Waals surface area contributed by atoms with Crippen LogP contribution in [0.1, 0.15) is 36.6 Å². The van der Waals surface area contributed by atoms with Crippen molar-refractivity contribution in [2.24, 2.45) is 0 Å². The normalized spacial score (nSPS) is 11.8. The Morgan fingerprint density at radius 2 is 1.74 bits per heavy atom. The van der Waals surface area contributed by atoms with Crippen LogP contribution in [0.5, 0.6) is 0 Å². The third kappa shape index (κ3) is 4.40. The van der Waals surface area contributed by atoms with Gasteiger partial charge in [0.15, 0.2) is 0 Å². The second-order valence-corrected chi connectivity index (χ2v) is 6.27. The molecule has 122 valence electrons. The summed E-state index contributed by atoms with van der Waals surface area (Å²) in [5.41, 5.74) is 0.891. The predicted octanol–water partition coefficient (Wildman–Crippen LogP) is 2.96. The van der Waals surface area contributed by atoms with Gasteiger partial charge < -0.3 is 14.8 Å². The number of methoxy groups -OCH3 is 2. The van der Waals surface area contributed by atoms with E-state index in [0.29, 0.717) is 17.7 Å². The third-order valence-corrected chi connectivity index (χ3v) is 4.47. The maximum atomic E-state index is 12.2. The van der Waals surface area contributed by atoms with Crippen LogP contribution in [-0.4, -0.2) is 32.6 Å². The Morgan fingerprint density at radius 3 is 2.26 bits per heavy atom. The lowest BCUT2D eigenvalue weighted by Crippen LogP contribution is -2.28. The van der Waals surface area contributed by atoms with Crippen LogP contribution in [0.4, 0.5) is 0 Å². The first kappa shape index (κ1) is 17.2. The van der Waals surface area contributed by atoms with Gasteiger partial charge in [-0.25, -0.2) is 4.79 Å². The molecular formula is C17H19NO4S. The molecule has 2 rings (SSSR count). The van der Waals surface area contributed by atoms with Crippen LogP contribution in [0, 0.1) is 6.92 Å². The van der Waals surface area contributed by atoms with E-state index < -0.39 is 5.97 Å². The van der Waals surface area contributed by atoms with E-state index in [9.17, 15) is 9.59 Å². The van der Waals surface area contributed by atoms with Gasteiger partial charge in [-0.2, -0.15) is 0 Å². The van der Waals surface area contributed by atoms with E-state index in [1.54, 1.807) is 42.7 Å². The molecule has 0 aliphatic carbocycles. The minimum Gasteiger partial charge on any atom is -0.465 e. The zero-order chi connectivity index (χ0) is 16.8. The zero-order valence-corrected chi connectivity index (χ0v) is 14.1. The summed E-state index contributed by atoms with van der Waals surface area (Å²) < 4.78 is 10.1. The molecule has 1 aromatic carbocycles. The Labute approximate surface area is 139 Å².